The Morgan fingerprint density at radius 3 is 2.96 bits per heavy atom. The Hall–Kier alpha value is -1.71. The van der Waals surface area contributed by atoms with Gasteiger partial charge in [-0.1, -0.05) is 18.6 Å². The summed E-state index contributed by atoms with van der Waals surface area (Å²) in [6, 6.07) is 6.89. The highest BCUT2D eigenvalue weighted by Crippen LogP contribution is 2.33. The van der Waals surface area contributed by atoms with Gasteiger partial charge in [0, 0.05) is 23.1 Å². The molecule has 0 saturated carbocycles. The lowest BCUT2D eigenvalue weighted by Crippen LogP contribution is -2.36. The van der Waals surface area contributed by atoms with Gasteiger partial charge in [-0.15, -0.1) is 0 Å². The van der Waals surface area contributed by atoms with Crippen molar-refractivity contribution in [3.8, 4) is 0 Å². The van der Waals surface area contributed by atoms with Crippen molar-refractivity contribution in [3.63, 3.8) is 0 Å². The Balaban J connectivity index is 1.37. The van der Waals surface area contributed by atoms with Crippen LogP contribution in [0.1, 0.15) is 25.7 Å². The molecule has 0 radical (unpaired) electrons. The van der Waals surface area contributed by atoms with E-state index < -0.39 is 7.12 Å². The molecule has 1 aromatic carbocycles. The lowest BCUT2D eigenvalue weighted by atomic mass is 9.80. The van der Waals surface area contributed by atoms with E-state index in [0.29, 0.717) is 22.8 Å². The zero-order valence-corrected chi connectivity index (χ0v) is 14.6. The Kier molecular flexibility index (Phi) is 5.87. The number of fused-ring (bicyclic) bond motifs is 1. The van der Waals surface area contributed by atoms with Crippen LogP contribution in [0.2, 0.25) is 0 Å². The molecule has 1 aromatic rings. The normalized spacial score (nSPS) is 24.4. The molecule has 2 aliphatic heterocycles. The predicted molar refractivity (Wildman–Crippen MR) is 98.9 cm³/mol. The van der Waals surface area contributed by atoms with Crippen LogP contribution < -0.4 is 21.4 Å². The van der Waals surface area contributed by atoms with Crippen LogP contribution >= 0.6 is 11.8 Å². The molecule has 134 valence electrons. The Morgan fingerprint density at radius 2 is 2.16 bits per heavy atom. The number of anilines is 1. The number of urea groups is 1. The highest BCUT2D eigenvalue weighted by molar-refractivity contribution is 8.00. The van der Waals surface area contributed by atoms with Crippen molar-refractivity contribution in [2.75, 3.05) is 11.1 Å². The van der Waals surface area contributed by atoms with Crippen LogP contribution in [0.4, 0.5) is 10.5 Å². The molecule has 3 rings (SSSR count). The number of rotatable bonds is 7. The van der Waals surface area contributed by atoms with Crippen molar-refractivity contribution in [2.24, 2.45) is 0 Å². The first kappa shape index (κ1) is 18.1. The average molecular weight is 363 g/mol. The number of hydrogen-bond donors (Lipinski definition) is 5. The summed E-state index contributed by atoms with van der Waals surface area (Å²) >= 11 is 1.88. The molecule has 3 atom stereocenters. The first-order chi connectivity index (χ1) is 12.0. The second kappa shape index (κ2) is 8.12. The van der Waals surface area contributed by atoms with Crippen molar-refractivity contribution >= 4 is 42.0 Å². The summed E-state index contributed by atoms with van der Waals surface area (Å²) in [5.41, 5.74) is 0.905. The van der Waals surface area contributed by atoms with Crippen LogP contribution in [0.25, 0.3) is 0 Å². The molecular formula is C16H22BN3O4S. The molecule has 2 saturated heterocycles. The van der Waals surface area contributed by atoms with Crippen LogP contribution in [0.3, 0.4) is 0 Å². The maximum atomic E-state index is 12.0. The van der Waals surface area contributed by atoms with Crippen molar-refractivity contribution < 1.29 is 19.6 Å². The van der Waals surface area contributed by atoms with Crippen molar-refractivity contribution in [2.45, 2.75) is 43.0 Å². The van der Waals surface area contributed by atoms with E-state index in [9.17, 15) is 9.59 Å². The van der Waals surface area contributed by atoms with E-state index in [-0.39, 0.29) is 24.0 Å². The van der Waals surface area contributed by atoms with E-state index in [4.69, 9.17) is 10.0 Å². The molecule has 25 heavy (non-hydrogen) atoms. The van der Waals surface area contributed by atoms with Gasteiger partial charge in [-0.05, 0) is 30.4 Å². The van der Waals surface area contributed by atoms with Gasteiger partial charge in [0.25, 0.3) is 0 Å². The quantitative estimate of drug-likeness (QED) is 0.267. The highest BCUT2D eigenvalue weighted by atomic mass is 32.2. The summed E-state index contributed by atoms with van der Waals surface area (Å²) in [5, 5.41) is 27.4. The second-order valence-corrected chi connectivity index (χ2v) is 7.69. The third kappa shape index (κ3) is 4.68. The number of nitrogens with one attached hydrogen (secondary N) is 3. The van der Waals surface area contributed by atoms with E-state index in [2.05, 4.69) is 16.0 Å². The third-order valence-electron chi connectivity index (χ3n) is 4.55. The molecule has 0 aliphatic carbocycles. The molecule has 2 heterocycles. The molecule has 9 heteroatoms. The summed E-state index contributed by atoms with van der Waals surface area (Å²) in [5.74, 6) is 0.860. The SMILES string of the molecule is O=C(CCCC[C@H]1SC[C@@H]2NC(=O)N[C@H]21)Nc1cccc(B(O)O)c1. The number of unbranched alkanes of at least 4 members (excludes halogenated alkanes) is 1. The second-order valence-electron chi connectivity index (χ2n) is 6.41. The maximum Gasteiger partial charge on any atom is 0.488 e. The number of benzene rings is 1. The van der Waals surface area contributed by atoms with Gasteiger partial charge in [0.2, 0.25) is 5.91 Å². The molecule has 7 nitrogen and oxygen atoms in total. The summed E-state index contributed by atoms with van der Waals surface area (Å²) < 4.78 is 0. The third-order valence-corrected chi connectivity index (χ3v) is 6.06. The maximum absolute atomic E-state index is 12.0. The zero-order valence-electron chi connectivity index (χ0n) is 13.8. The fourth-order valence-corrected chi connectivity index (χ4v) is 4.82. The minimum absolute atomic E-state index is 0.0742. The lowest BCUT2D eigenvalue weighted by Gasteiger charge is -2.16. The molecule has 0 bridgehead atoms. The van der Waals surface area contributed by atoms with Crippen molar-refractivity contribution in [1.29, 1.82) is 0 Å². The lowest BCUT2D eigenvalue weighted by molar-refractivity contribution is -0.116. The minimum Gasteiger partial charge on any atom is -0.423 e. The molecule has 2 fully saturated rings. The van der Waals surface area contributed by atoms with Crippen molar-refractivity contribution in [3.05, 3.63) is 24.3 Å². The van der Waals surface area contributed by atoms with E-state index in [1.807, 2.05) is 11.8 Å². The molecular weight excluding hydrogens is 341 g/mol. The van der Waals surface area contributed by atoms with Crippen molar-refractivity contribution in [1.82, 2.24) is 10.6 Å². The standard InChI is InChI=1S/C16H22BN3O4S/c21-14(18-11-5-3-4-10(8-11)17(23)24)7-2-1-6-13-15-12(9-25-13)19-16(22)20-15/h3-5,8,12-13,15,23-24H,1-2,6-7,9H2,(H,18,21)(H2,19,20,22)/t12-,13+,15+/m0/s1. The zero-order chi connectivity index (χ0) is 17.8. The number of carbonyl (C=O) groups excluding carboxylic acids is 2. The van der Waals surface area contributed by atoms with E-state index in [1.54, 1.807) is 24.3 Å². The summed E-state index contributed by atoms with van der Waals surface area (Å²) in [6.45, 7) is 0. The van der Waals surface area contributed by atoms with Crippen LogP contribution in [0.5, 0.6) is 0 Å². The van der Waals surface area contributed by atoms with Gasteiger partial charge < -0.3 is 26.0 Å². The summed E-state index contributed by atoms with van der Waals surface area (Å²) in [4.78, 5) is 23.4. The van der Waals surface area contributed by atoms with E-state index in [1.165, 1.54) is 0 Å². The van der Waals surface area contributed by atoms with Crippen LogP contribution in [0.15, 0.2) is 24.3 Å². The molecule has 0 spiro atoms. The number of thioether (sulfide) groups is 1. The average Bonchev–Trinajstić information content (AvgIpc) is 3.11. The molecule has 0 unspecified atom stereocenters. The van der Waals surface area contributed by atoms with E-state index in [0.717, 1.165) is 25.0 Å². The van der Waals surface area contributed by atoms with E-state index >= 15 is 0 Å². The first-order valence-corrected chi connectivity index (χ1v) is 9.52. The van der Waals surface area contributed by atoms with Crippen LogP contribution in [0, 0.1) is 0 Å². The minimum atomic E-state index is -1.55. The van der Waals surface area contributed by atoms with Gasteiger partial charge in [-0.25, -0.2) is 4.79 Å². The first-order valence-electron chi connectivity index (χ1n) is 8.47. The molecule has 2 aliphatic rings. The molecule has 3 amide bonds. The smallest absolute Gasteiger partial charge is 0.423 e. The van der Waals surface area contributed by atoms with Gasteiger partial charge >= 0.3 is 13.1 Å². The number of amides is 3. The summed E-state index contributed by atoms with van der Waals surface area (Å²) in [7, 11) is -1.55. The molecule has 0 aromatic heterocycles. The van der Waals surface area contributed by atoms with Gasteiger partial charge in [-0.3, -0.25) is 4.79 Å². The Bertz CT molecular complexity index is 646. The fourth-order valence-electron chi connectivity index (χ4n) is 3.27. The number of carbonyl (C=O) groups is 2. The Labute approximate surface area is 151 Å². The highest BCUT2D eigenvalue weighted by Gasteiger charge is 2.42. The Morgan fingerprint density at radius 1 is 1.32 bits per heavy atom. The monoisotopic (exact) mass is 363 g/mol. The summed E-state index contributed by atoms with van der Waals surface area (Å²) in [6.07, 6.45) is 3.11. The van der Waals surface area contributed by atoms with Gasteiger partial charge in [-0.2, -0.15) is 11.8 Å². The molecule has 5 N–H and O–H groups in total. The largest absolute Gasteiger partial charge is 0.488 e. The predicted octanol–water partition coefficient (Wildman–Crippen LogP) is 0.0307. The number of hydrogen-bond acceptors (Lipinski definition) is 5. The van der Waals surface area contributed by atoms with Crippen LogP contribution in [-0.4, -0.2) is 52.2 Å². The van der Waals surface area contributed by atoms with Gasteiger partial charge in [0.05, 0.1) is 12.1 Å². The topological polar surface area (TPSA) is 111 Å². The van der Waals surface area contributed by atoms with Crippen LogP contribution in [-0.2, 0) is 4.79 Å². The fraction of sp³-hybridized carbons (Fsp3) is 0.500. The van der Waals surface area contributed by atoms with Gasteiger partial charge in [0.1, 0.15) is 0 Å². The van der Waals surface area contributed by atoms with Gasteiger partial charge in [0.15, 0.2) is 0 Å².